The molecule has 3 aromatic rings. The number of carbonyl (C=O) groups excluding carboxylic acids is 2. The quantitative estimate of drug-likeness (QED) is 0.398. The lowest BCUT2D eigenvalue weighted by Gasteiger charge is -2.23. The first-order valence-corrected chi connectivity index (χ1v) is 11.5. The number of benzene rings is 2. The molecule has 1 spiro atoms. The smallest absolute Gasteiger partial charge is 0.277 e. The standard InChI is InChI=1S/C22H15F4N3O4S/c1-12-11-21(12)19(30)28(13-5-7-14(8-6-13)34(32,33)22(24,25)26)20(31)29(21)17-9-10-27-18-15(17)3-2-4-16(18)23/h2-10,12H,11H2,1H3. The fourth-order valence-corrected chi connectivity index (χ4v) is 5.20. The van der Waals surface area contributed by atoms with Crippen molar-refractivity contribution >= 4 is 44.1 Å². The average Bonchev–Trinajstić information content (AvgIpc) is 3.39. The van der Waals surface area contributed by atoms with Crippen LogP contribution in [0.3, 0.4) is 0 Å². The van der Waals surface area contributed by atoms with Crippen LogP contribution in [0.2, 0.25) is 0 Å². The molecule has 7 nitrogen and oxygen atoms in total. The van der Waals surface area contributed by atoms with Crippen molar-refractivity contribution in [2.45, 2.75) is 29.3 Å². The maximum Gasteiger partial charge on any atom is 0.501 e. The fourth-order valence-electron chi connectivity index (χ4n) is 4.44. The minimum absolute atomic E-state index is 0.0175. The number of rotatable bonds is 3. The molecule has 0 bridgehead atoms. The molecule has 3 amide bonds. The van der Waals surface area contributed by atoms with Crippen molar-refractivity contribution in [2.75, 3.05) is 9.80 Å². The van der Waals surface area contributed by atoms with Gasteiger partial charge in [-0.15, -0.1) is 0 Å². The molecular formula is C22H15F4N3O4S. The molecule has 1 aliphatic heterocycles. The molecule has 5 rings (SSSR count). The molecule has 0 N–H and O–H groups in total. The first kappa shape index (κ1) is 22.3. The lowest BCUT2D eigenvalue weighted by Crippen LogP contribution is -2.39. The van der Waals surface area contributed by atoms with E-state index in [1.54, 1.807) is 13.0 Å². The monoisotopic (exact) mass is 493 g/mol. The number of amides is 3. The molecule has 2 aliphatic rings. The number of halogens is 4. The van der Waals surface area contributed by atoms with E-state index >= 15 is 0 Å². The molecule has 12 heteroatoms. The van der Waals surface area contributed by atoms with Gasteiger partial charge in [-0.05, 0) is 48.7 Å². The van der Waals surface area contributed by atoms with Crippen molar-refractivity contribution in [1.29, 1.82) is 0 Å². The van der Waals surface area contributed by atoms with Gasteiger partial charge in [0.15, 0.2) is 0 Å². The summed E-state index contributed by atoms with van der Waals surface area (Å²) >= 11 is 0. The van der Waals surface area contributed by atoms with Gasteiger partial charge in [0.1, 0.15) is 16.9 Å². The Hall–Kier alpha value is -3.54. The number of hydrogen-bond acceptors (Lipinski definition) is 5. The second-order valence-electron chi connectivity index (χ2n) is 8.20. The van der Waals surface area contributed by atoms with E-state index in [4.69, 9.17) is 0 Å². The third kappa shape index (κ3) is 2.87. The predicted molar refractivity (Wildman–Crippen MR) is 113 cm³/mol. The van der Waals surface area contributed by atoms with Gasteiger partial charge in [-0.2, -0.15) is 13.2 Å². The molecule has 2 fully saturated rings. The van der Waals surface area contributed by atoms with Gasteiger partial charge in [-0.25, -0.2) is 22.5 Å². The Labute approximate surface area is 190 Å². The molecule has 2 atom stereocenters. The Bertz CT molecular complexity index is 1470. The van der Waals surface area contributed by atoms with Crippen molar-refractivity contribution in [3.8, 4) is 0 Å². The van der Waals surface area contributed by atoms with Crippen LogP contribution in [0.15, 0.2) is 59.6 Å². The molecule has 1 saturated heterocycles. The number of anilines is 2. The van der Waals surface area contributed by atoms with Gasteiger partial charge >= 0.3 is 11.5 Å². The van der Waals surface area contributed by atoms with E-state index in [0.717, 1.165) is 17.0 Å². The van der Waals surface area contributed by atoms with Crippen LogP contribution < -0.4 is 9.80 Å². The van der Waals surface area contributed by atoms with E-state index in [0.29, 0.717) is 23.9 Å². The summed E-state index contributed by atoms with van der Waals surface area (Å²) < 4.78 is 76.1. The van der Waals surface area contributed by atoms with E-state index in [-0.39, 0.29) is 22.8 Å². The van der Waals surface area contributed by atoms with Gasteiger partial charge in [0.05, 0.1) is 16.3 Å². The molecule has 176 valence electrons. The van der Waals surface area contributed by atoms with E-state index in [2.05, 4.69) is 4.98 Å². The summed E-state index contributed by atoms with van der Waals surface area (Å²) in [4.78, 5) is 32.0. The topological polar surface area (TPSA) is 87.7 Å². The zero-order valence-corrected chi connectivity index (χ0v) is 18.2. The number of imide groups is 1. The summed E-state index contributed by atoms with van der Waals surface area (Å²) in [5.41, 5.74) is -6.53. The highest BCUT2D eigenvalue weighted by Gasteiger charge is 2.70. The fraction of sp³-hybridized carbons (Fsp3) is 0.227. The van der Waals surface area contributed by atoms with Crippen molar-refractivity contribution < 1.29 is 35.6 Å². The lowest BCUT2D eigenvalue weighted by molar-refractivity contribution is -0.119. The van der Waals surface area contributed by atoms with Crippen LogP contribution >= 0.6 is 0 Å². The lowest BCUT2D eigenvalue weighted by atomic mass is 10.1. The molecule has 1 aliphatic carbocycles. The number of nitrogens with zero attached hydrogens (tertiary/aromatic N) is 3. The number of carbonyl (C=O) groups is 2. The van der Waals surface area contributed by atoms with Crippen LogP contribution in [-0.4, -0.2) is 36.4 Å². The average molecular weight is 493 g/mol. The first-order chi connectivity index (χ1) is 15.9. The Kier molecular flexibility index (Phi) is 4.57. The van der Waals surface area contributed by atoms with Gasteiger partial charge in [0.25, 0.3) is 15.7 Å². The normalized spacial score (nSPS) is 22.8. The number of pyridine rings is 1. The summed E-state index contributed by atoms with van der Waals surface area (Å²) in [7, 11) is -5.59. The van der Waals surface area contributed by atoms with Crippen LogP contribution in [0.1, 0.15) is 13.3 Å². The second-order valence-corrected chi connectivity index (χ2v) is 10.1. The number of alkyl halides is 3. The highest BCUT2D eigenvalue weighted by molar-refractivity contribution is 7.92. The minimum Gasteiger partial charge on any atom is -0.277 e. The van der Waals surface area contributed by atoms with E-state index in [1.165, 1.54) is 29.3 Å². The molecule has 0 radical (unpaired) electrons. The van der Waals surface area contributed by atoms with Crippen LogP contribution in [0, 0.1) is 11.7 Å². The summed E-state index contributed by atoms with van der Waals surface area (Å²) in [6.45, 7) is 1.77. The van der Waals surface area contributed by atoms with Crippen LogP contribution in [0.25, 0.3) is 10.9 Å². The molecule has 2 aromatic carbocycles. The molecule has 34 heavy (non-hydrogen) atoms. The van der Waals surface area contributed by atoms with Crippen LogP contribution in [0.5, 0.6) is 0 Å². The largest absolute Gasteiger partial charge is 0.501 e. The number of sulfone groups is 1. The van der Waals surface area contributed by atoms with Crippen LogP contribution in [0.4, 0.5) is 33.7 Å². The van der Waals surface area contributed by atoms with Crippen molar-refractivity contribution in [1.82, 2.24) is 4.98 Å². The highest BCUT2D eigenvalue weighted by Crippen LogP contribution is 2.56. The Morgan fingerprint density at radius 2 is 1.71 bits per heavy atom. The van der Waals surface area contributed by atoms with Crippen molar-refractivity contribution in [2.24, 2.45) is 5.92 Å². The summed E-state index contributed by atoms with van der Waals surface area (Å²) in [5.74, 6) is -1.44. The number of aromatic nitrogens is 1. The Morgan fingerprint density at radius 3 is 2.29 bits per heavy atom. The molecule has 2 heterocycles. The third-order valence-corrected chi connectivity index (χ3v) is 7.78. The maximum atomic E-state index is 14.3. The number of urea groups is 1. The first-order valence-electron chi connectivity index (χ1n) is 10.0. The van der Waals surface area contributed by atoms with Gasteiger partial charge in [0, 0.05) is 11.6 Å². The second kappa shape index (κ2) is 6.98. The summed E-state index contributed by atoms with van der Waals surface area (Å²) in [5, 5.41) is 0.315. The van der Waals surface area contributed by atoms with Gasteiger partial charge < -0.3 is 0 Å². The molecule has 1 aromatic heterocycles. The SMILES string of the molecule is CC1CC12C(=O)N(c1ccc(S(=O)(=O)C(F)(F)F)cc1)C(=O)N2c1ccnc2c(F)cccc12. The van der Waals surface area contributed by atoms with Crippen LogP contribution in [-0.2, 0) is 14.6 Å². The van der Waals surface area contributed by atoms with Crippen molar-refractivity contribution in [3.05, 3.63) is 60.5 Å². The molecule has 2 unspecified atom stereocenters. The van der Waals surface area contributed by atoms with Gasteiger partial charge in [-0.3, -0.25) is 14.7 Å². The van der Waals surface area contributed by atoms with E-state index in [9.17, 15) is 35.6 Å². The van der Waals surface area contributed by atoms with E-state index < -0.39 is 43.5 Å². The Morgan fingerprint density at radius 1 is 1.06 bits per heavy atom. The third-order valence-electron chi connectivity index (χ3n) is 6.28. The van der Waals surface area contributed by atoms with Gasteiger partial charge in [-0.1, -0.05) is 19.1 Å². The molecular weight excluding hydrogens is 478 g/mol. The zero-order chi connectivity index (χ0) is 24.6. The number of para-hydroxylation sites is 1. The van der Waals surface area contributed by atoms with E-state index in [1.807, 2.05) is 0 Å². The Balaban J connectivity index is 1.60. The number of fused-ring (bicyclic) bond motifs is 1. The number of hydrogen-bond donors (Lipinski definition) is 0. The van der Waals surface area contributed by atoms with Gasteiger partial charge in [0.2, 0.25) is 0 Å². The summed E-state index contributed by atoms with van der Waals surface area (Å²) in [6, 6.07) is 8.29. The zero-order valence-electron chi connectivity index (χ0n) is 17.4. The summed E-state index contributed by atoms with van der Waals surface area (Å²) in [6.07, 6.45) is 1.65. The van der Waals surface area contributed by atoms with Crippen molar-refractivity contribution in [3.63, 3.8) is 0 Å². The minimum atomic E-state index is -5.59. The predicted octanol–water partition coefficient (Wildman–Crippen LogP) is 4.42. The maximum absolute atomic E-state index is 14.3. The highest BCUT2D eigenvalue weighted by atomic mass is 32.2. The molecule has 1 saturated carbocycles.